The van der Waals surface area contributed by atoms with Crippen molar-refractivity contribution < 1.29 is 4.74 Å². The van der Waals surface area contributed by atoms with Gasteiger partial charge in [0, 0.05) is 18.8 Å². The van der Waals surface area contributed by atoms with E-state index in [-0.39, 0.29) is 0 Å². The lowest BCUT2D eigenvalue weighted by Crippen LogP contribution is -2.37. The first-order valence-electron chi connectivity index (χ1n) is 8.12. The Morgan fingerprint density at radius 1 is 0.920 bits per heavy atom. The lowest BCUT2D eigenvalue weighted by Gasteiger charge is -2.14. The number of nitrogens with one attached hydrogen (secondary N) is 3. The van der Waals surface area contributed by atoms with Gasteiger partial charge in [-0.1, -0.05) is 42.5 Å². The summed E-state index contributed by atoms with van der Waals surface area (Å²) in [4.78, 5) is 0.671. The monoisotopic (exact) mass is 373 g/mol. The van der Waals surface area contributed by atoms with Crippen LogP contribution in [0.5, 0.6) is 5.75 Å². The highest BCUT2D eigenvalue weighted by atomic mass is 32.1. The smallest absolute Gasteiger partial charge is 0.170 e. The first kappa shape index (κ1) is 19.1. The molecule has 0 heterocycles. The van der Waals surface area contributed by atoms with Crippen molar-refractivity contribution in [2.75, 3.05) is 25.0 Å². The molecule has 0 aromatic heterocycles. The molecule has 0 atom stereocenters. The van der Waals surface area contributed by atoms with Crippen molar-refractivity contribution in [2.24, 2.45) is 0 Å². The van der Waals surface area contributed by atoms with Gasteiger partial charge in [-0.2, -0.15) is 0 Å². The van der Waals surface area contributed by atoms with E-state index in [1.54, 1.807) is 0 Å². The largest absolute Gasteiger partial charge is 0.486 e. The third-order valence-electron chi connectivity index (χ3n) is 3.68. The minimum Gasteiger partial charge on any atom is -0.486 e. The van der Waals surface area contributed by atoms with Crippen molar-refractivity contribution in [1.29, 1.82) is 0 Å². The fraction of sp³-hybridized carbons (Fsp3) is 0.263. The summed E-state index contributed by atoms with van der Waals surface area (Å²) >= 11 is 10.6. The second-order valence-electron chi connectivity index (χ2n) is 5.58. The average Bonchev–Trinajstić information content (AvgIpc) is 2.61. The summed E-state index contributed by atoms with van der Waals surface area (Å²) in [7, 11) is 0. The van der Waals surface area contributed by atoms with Crippen molar-refractivity contribution in [3.63, 3.8) is 0 Å². The van der Waals surface area contributed by atoms with Gasteiger partial charge < -0.3 is 20.7 Å². The highest BCUT2D eigenvalue weighted by Crippen LogP contribution is 2.20. The molecule has 132 valence electrons. The maximum absolute atomic E-state index is 5.77. The van der Waals surface area contributed by atoms with Gasteiger partial charge >= 0.3 is 0 Å². The molecule has 2 rings (SSSR count). The molecule has 0 amide bonds. The summed E-state index contributed by atoms with van der Waals surface area (Å²) in [5, 5.41) is 10.0. The van der Waals surface area contributed by atoms with Crippen molar-refractivity contribution in [2.45, 2.75) is 13.8 Å². The van der Waals surface area contributed by atoms with Crippen LogP contribution in [0.1, 0.15) is 11.1 Å². The molecule has 0 bridgehead atoms. The van der Waals surface area contributed by atoms with E-state index in [0.717, 1.165) is 17.0 Å². The number of benzene rings is 2. The molecule has 0 spiro atoms. The predicted molar refractivity (Wildman–Crippen MR) is 113 cm³/mol. The molecule has 25 heavy (non-hydrogen) atoms. The third-order valence-corrected chi connectivity index (χ3v) is 4.19. The second-order valence-corrected chi connectivity index (χ2v) is 6.48. The van der Waals surface area contributed by atoms with E-state index in [1.807, 2.05) is 49.4 Å². The number of hydrogen-bond acceptors (Lipinski definition) is 3. The van der Waals surface area contributed by atoms with Gasteiger partial charge in [-0.05, 0) is 55.4 Å². The summed E-state index contributed by atoms with van der Waals surface area (Å²) in [5.41, 5.74) is 3.31. The minimum atomic E-state index is 0.367. The van der Waals surface area contributed by atoms with Crippen LogP contribution in [0.4, 0.5) is 5.69 Å². The molecule has 2 aromatic rings. The molecular weight excluding hydrogens is 350 g/mol. The average molecular weight is 374 g/mol. The predicted octanol–water partition coefficient (Wildman–Crippen LogP) is 3.59. The fourth-order valence-corrected chi connectivity index (χ4v) is 2.53. The molecule has 3 N–H and O–H groups in total. The van der Waals surface area contributed by atoms with E-state index in [9.17, 15) is 0 Å². The molecule has 0 aliphatic carbocycles. The maximum Gasteiger partial charge on any atom is 0.170 e. The van der Waals surface area contributed by atoms with Gasteiger partial charge in [-0.3, -0.25) is 0 Å². The first-order chi connectivity index (χ1) is 12.1. The molecule has 4 nitrogen and oxygen atoms in total. The minimum absolute atomic E-state index is 0.367. The molecule has 0 fully saturated rings. The van der Waals surface area contributed by atoms with E-state index in [1.165, 1.54) is 5.56 Å². The Bertz CT molecular complexity index is 720. The third kappa shape index (κ3) is 6.68. The lowest BCUT2D eigenvalue weighted by atomic mass is 10.1. The first-order valence-corrected chi connectivity index (χ1v) is 8.93. The Hall–Kier alpha value is -2.18. The highest BCUT2D eigenvalue weighted by molar-refractivity contribution is 7.80. The quantitative estimate of drug-likeness (QED) is 0.509. The number of para-hydroxylation sites is 1. The van der Waals surface area contributed by atoms with Crippen molar-refractivity contribution in [1.82, 2.24) is 10.6 Å². The lowest BCUT2D eigenvalue weighted by molar-refractivity contribution is 0.372. The van der Waals surface area contributed by atoms with E-state index in [2.05, 4.69) is 28.9 Å². The zero-order valence-corrected chi connectivity index (χ0v) is 16.1. The molecule has 0 radical (unpaired) electrons. The van der Waals surface area contributed by atoms with Crippen LogP contribution in [-0.4, -0.2) is 29.8 Å². The Kier molecular flexibility index (Phi) is 7.63. The topological polar surface area (TPSA) is 45.3 Å². The van der Waals surface area contributed by atoms with E-state index in [4.69, 9.17) is 29.2 Å². The summed E-state index contributed by atoms with van der Waals surface area (Å²) in [6.45, 7) is 5.82. The number of aryl methyl sites for hydroxylation is 1. The number of rotatable bonds is 7. The van der Waals surface area contributed by atoms with Crippen LogP contribution in [-0.2, 0) is 0 Å². The second kappa shape index (κ2) is 9.96. The molecule has 0 unspecified atom stereocenters. The van der Waals surface area contributed by atoms with Crippen molar-refractivity contribution in [3.8, 4) is 5.75 Å². The number of hydrogen-bond donors (Lipinski definition) is 3. The van der Waals surface area contributed by atoms with Crippen LogP contribution >= 0.6 is 24.4 Å². The Labute approximate surface area is 160 Å². The molecule has 0 aliphatic heterocycles. The van der Waals surface area contributed by atoms with E-state index in [0.29, 0.717) is 29.8 Å². The molecule has 2 aromatic carbocycles. The van der Waals surface area contributed by atoms with Crippen molar-refractivity contribution in [3.05, 3.63) is 59.7 Å². The van der Waals surface area contributed by atoms with Crippen LogP contribution in [0.25, 0.3) is 0 Å². The Morgan fingerprint density at radius 2 is 1.64 bits per heavy atom. The zero-order valence-electron chi connectivity index (χ0n) is 14.5. The van der Waals surface area contributed by atoms with Gasteiger partial charge in [0.1, 0.15) is 17.3 Å². The number of anilines is 1. The Morgan fingerprint density at radius 3 is 2.40 bits per heavy atom. The molecule has 6 heteroatoms. The van der Waals surface area contributed by atoms with Gasteiger partial charge in [0.05, 0.1) is 0 Å². The summed E-state index contributed by atoms with van der Waals surface area (Å²) in [6, 6.07) is 15.8. The maximum atomic E-state index is 5.77. The van der Waals surface area contributed by atoms with Crippen molar-refractivity contribution >= 4 is 40.2 Å². The Balaban J connectivity index is 1.62. The fourth-order valence-electron chi connectivity index (χ4n) is 2.15. The van der Waals surface area contributed by atoms with Gasteiger partial charge in [-0.15, -0.1) is 0 Å². The standard InChI is InChI=1S/C19H23N3OS2/c1-14-7-6-10-17(15(14)2)23-13-18(24)20-11-12-21-19(25)22-16-8-4-3-5-9-16/h3-10H,11-13H2,1-2H3,(H,20,24)(H2,21,22,25). The molecular formula is C19H23N3OS2. The molecule has 0 aliphatic rings. The van der Waals surface area contributed by atoms with Gasteiger partial charge in [0.25, 0.3) is 0 Å². The summed E-state index contributed by atoms with van der Waals surface area (Å²) in [5.74, 6) is 0.871. The number of ether oxygens (including phenoxy) is 1. The van der Waals surface area contributed by atoms with Crippen LogP contribution in [0, 0.1) is 13.8 Å². The SMILES string of the molecule is Cc1cccc(OCC(=S)NCCNC(=S)Nc2ccccc2)c1C. The van der Waals surface area contributed by atoms with Gasteiger partial charge in [0.15, 0.2) is 5.11 Å². The normalized spacial score (nSPS) is 10.0. The van der Waals surface area contributed by atoms with Crippen LogP contribution in [0.3, 0.4) is 0 Å². The van der Waals surface area contributed by atoms with Gasteiger partial charge in [0.2, 0.25) is 0 Å². The zero-order chi connectivity index (χ0) is 18.1. The summed E-state index contributed by atoms with van der Waals surface area (Å²) in [6.07, 6.45) is 0. The van der Waals surface area contributed by atoms with E-state index < -0.39 is 0 Å². The van der Waals surface area contributed by atoms with E-state index >= 15 is 0 Å². The highest BCUT2D eigenvalue weighted by Gasteiger charge is 2.03. The molecule has 0 saturated heterocycles. The van der Waals surface area contributed by atoms with Crippen LogP contribution in [0.2, 0.25) is 0 Å². The number of thiocarbonyl (C=S) groups is 2. The van der Waals surface area contributed by atoms with Crippen LogP contribution in [0.15, 0.2) is 48.5 Å². The van der Waals surface area contributed by atoms with Gasteiger partial charge in [-0.25, -0.2) is 0 Å². The summed E-state index contributed by atoms with van der Waals surface area (Å²) < 4.78 is 5.77. The van der Waals surface area contributed by atoms with Crippen LogP contribution < -0.4 is 20.7 Å². The molecule has 0 saturated carbocycles.